The molecule has 0 saturated heterocycles. The Hall–Kier alpha value is -0.860. The standard InChI is InChI=1S/C19H31NO/c1-14-11-15(2)13-16(12-14)17(20-5)19(21-6)9-7-18(3,4)8-10-19/h11-13,17,20H,7-10H2,1-6H3. The van der Waals surface area contributed by atoms with Gasteiger partial charge in [0.1, 0.15) is 0 Å². The van der Waals surface area contributed by atoms with E-state index in [-0.39, 0.29) is 11.6 Å². The Morgan fingerprint density at radius 3 is 1.95 bits per heavy atom. The van der Waals surface area contributed by atoms with Crippen molar-refractivity contribution in [1.82, 2.24) is 5.32 Å². The molecule has 1 aliphatic carbocycles. The van der Waals surface area contributed by atoms with Crippen molar-refractivity contribution in [3.05, 3.63) is 34.9 Å². The third kappa shape index (κ3) is 3.49. The summed E-state index contributed by atoms with van der Waals surface area (Å²) < 4.78 is 6.10. The number of hydrogen-bond acceptors (Lipinski definition) is 2. The fraction of sp³-hybridized carbons (Fsp3) is 0.684. The van der Waals surface area contributed by atoms with Crippen LogP contribution in [0.4, 0.5) is 0 Å². The van der Waals surface area contributed by atoms with E-state index in [4.69, 9.17) is 4.74 Å². The van der Waals surface area contributed by atoms with Gasteiger partial charge in [-0.25, -0.2) is 0 Å². The number of nitrogens with one attached hydrogen (secondary N) is 1. The highest BCUT2D eigenvalue weighted by atomic mass is 16.5. The second kappa shape index (κ2) is 6.10. The van der Waals surface area contributed by atoms with E-state index in [1.807, 2.05) is 7.11 Å². The molecule has 0 bridgehead atoms. The quantitative estimate of drug-likeness (QED) is 0.878. The normalized spacial score (nSPS) is 22.0. The van der Waals surface area contributed by atoms with Crippen LogP contribution in [0, 0.1) is 19.3 Å². The van der Waals surface area contributed by atoms with Crippen LogP contribution in [0.5, 0.6) is 0 Å². The van der Waals surface area contributed by atoms with Gasteiger partial charge in [-0.15, -0.1) is 0 Å². The number of aryl methyl sites for hydroxylation is 2. The lowest BCUT2D eigenvalue weighted by atomic mass is 9.67. The van der Waals surface area contributed by atoms with Gasteiger partial charge in [-0.05, 0) is 57.6 Å². The van der Waals surface area contributed by atoms with Crippen molar-refractivity contribution in [2.75, 3.05) is 14.2 Å². The third-order valence-corrected chi connectivity index (χ3v) is 5.25. The topological polar surface area (TPSA) is 21.3 Å². The molecule has 1 fully saturated rings. The van der Waals surface area contributed by atoms with Crippen molar-refractivity contribution >= 4 is 0 Å². The van der Waals surface area contributed by atoms with Gasteiger partial charge < -0.3 is 10.1 Å². The third-order valence-electron chi connectivity index (χ3n) is 5.25. The minimum Gasteiger partial charge on any atom is -0.376 e. The zero-order valence-corrected chi connectivity index (χ0v) is 14.5. The molecule has 118 valence electrons. The van der Waals surface area contributed by atoms with Crippen molar-refractivity contribution in [2.45, 2.75) is 65.0 Å². The van der Waals surface area contributed by atoms with Gasteiger partial charge in [0, 0.05) is 7.11 Å². The molecule has 2 heteroatoms. The maximum absolute atomic E-state index is 6.10. The Morgan fingerprint density at radius 2 is 1.52 bits per heavy atom. The molecule has 1 saturated carbocycles. The van der Waals surface area contributed by atoms with E-state index in [1.165, 1.54) is 29.5 Å². The second-order valence-corrected chi connectivity index (χ2v) is 7.58. The van der Waals surface area contributed by atoms with E-state index in [9.17, 15) is 0 Å². The molecule has 0 amide bonds. The molecular weight excluding hydrogens is 258 g/mol. The summed E-state index contributed by atoms with van der Waals surface area (Å²) in [5.74, 6) is 0. The Bertz CT molecular complexity index is 462. The van der Waals surface area contributed by atoms with Crippen LogP contribution < -0.4 is 5.32 Å². The highest BCUT2D eigenvalue weighted by Gasteiger charge is 2.44. The van der Waals surface area contributed by atoms with Gasteiger partial charge in [0.2, 0.25) is 0 Å². The molecule has 1 atom stereocenters. The SMILES string of the molecule is CNC(c1cc(C)cc(C)c1)C1(OC)CCC(C)(C)CC1. The highest BCUT2D eigenvalue weighted by Crippen LogP contribution is 2.47. The predicted octanol–water partition coefficient (Wildman–Crippen LogP) is 4.55. The number of hydrogen-bond donors (Lipinski definition) is 1. The molecule has 1 aliphatic rings. The summed E-state index contributed by atoms with van der Waals surface area (Å²) in [7, 11) is 3.94. The van der Waals surface area contributed by atoms with Crippen molar-refractivity contribution in [1.29, 1.82) is 0 Å². The van der Waals surface area contributed by atoms with E-state index in [2.05, 4.69) is 58.3 Å². The molecule has 1 aromatic rings. The summed E-state index contributed by atoms with van der Waals surface area (Å²) in [6.45, 7) is 9.09. The summed E-state index contributed by atoms with van der Waals surface area (Å²) in [6, 6.07) is 7.10. The van der Waals surface area contributed by atoms with E-state index in [0.717, 1.165) is 12.8 Å². The van der Waals surface area contributed by atoms with Gasteiger partial charge in [0.15, 0.2) is 0 Å². The summed E-state index contributed by atoms with van der Waals surface area (Å²) in [5, 5.41) is 3.54. The lowest BCUT2D eigenvalue weighted by molar-refractivity contribution is -0.0862. The van der Waals surface area contributed by atoms with Crippen molar-refractivity contribution in [3.8, 4) is 0 Å². The van der Waals surface area contributed by atoms with Crippen molar-refractivity contribution in [3.63, 3.8) is 0 Å². The van der Waals surface area contributed by atoms with E-state index in [0.29, 0.717) is 5.41 Å². The number of ether oxygens (including phenoxy) is 1. The Morgan fingerprint density at radius 1 is 1.00 bits per heavy atom. The molecule has 0 radical (unpaired) electrons. The van der Waals surface area contributed by atoms with Crippen LogP contribution in [0.15, 0.2) is 18.2 Å². The summed E-state index contributed by atoms with van der Waals surface area (Å²) in [6.07, 6.45) is 4.69. The molecular formula is C19H31NO. The summed E-state index contributed by atoms with van der Waals surface area (Å²) >= 11 is 0. The molecule has 1 unspecified atom stereocenters. The first-order valence-corrected chi connectivity index (χ1v) is 8.12. The summed E-state index contributed by atoms with van der Waals surface area (Å²) in [5.41, 5.74) is 4.38. The highest BCUT2D eigenvalue weighted by molar-refractivity contribution is 5.32. The second-order valence-electron chi connectivity index (χ2n) is 7.58. The summed E-state index contributed by atoms with van der Waals surface area (Å²) in [4.78, 5) is 0. The zero-order valence-electron chi connectivity index (χ0n) is 14.5. The van der Waals surface area contributed by atoms with Gasteiger partial charge in [-0.3, -0.25) is 0 Å². The fourth-order valence-electron chi connectivity index (χ4n) is 3.87. The average molecular weight is 289 g/mol. The molecule has 2 nitrogen and oxygen atoms in total. The van der Waals surface area contributed by atoms with Gasteiger partial charge in [0.25, 0.3) is 0 Å². The minimum atomic E-state index is -0.0789. The number of methoxy groups -OCH3 is 1. The van der Waals surface area contributed by atoms with Crippen LogP contribution in [0.2, 0.25) is 0 Å². The first kappa shape index (κ1) is 16.5. The Balaban J connectivity index is 2.34. The smallest absolute Gasteiger partial charge is 0.0872 e. The monoisotopic (exact) mass is 289 g/mol. The average Bonchev–Trinajstić information content (AvgIpc) is 2.41. The molecule has 1 aromatic carbocycles. The van der Waals surface area contributed by atoms with Crippen molar-refractivity contribution in [2.24, 2.45) is 5.41 Å². The predicted molar refractivity (Wildman–Crippen MR) is 89.7 cm³/mol. The van der Waals surface area contributed by atoms with Crippen LogP contribution >= 0.6 is 0 Å². The number of likely N-dealkylation sites (N-methyl/N-ethyl adjacent to an activating group) is 1. The van der Waals surface area contributed by atoms with Crippen LogP contribution in [0.25, 0.3) is 0 Å². The van der Waals surface area contributed by atoms with Gasteiger partial charge in [-0.2, -0.15) is 0 Å². The van der Waals surface area contributed by atoms with Crippen molar-refractivity contribution < 1.29 is 4.74 Å². The van der Waals surface area contributed by atoms with Crippen LogP contribution in [-0.4, -0.2) is 19.8 Å². The molecule has 0 aromatic heterocycles. The fourth-order valence-corrected chi connectivity index (χ4v) is 3.87. The number of rotatable bonds is 4. The maximum Gasteiger partial charge on any atom is 0.0872 e. The van der Waals surface area contributed by atoms with Crippen LogP contribution in [0.3, 0.4) is 0 Å². The Labute approximate surface area is 130 Å². The van der Waals surface area contributed by atoms with E-state index < -0.39 is 0 Å². The molecule has 0 spiro atoms. The first-order valence-electron chi connectivity index (χ1n) is 8.12. The zero-order chi connectivity index (χ0) is 15.7. The molecule has 2 rings (SSSR count). The lowest BCUT2D eigenvalue weighted by Crippen LogP contribution is -2.48. The van der Waals surface area contributed by atoms with Gasteiger partial charge >= 0.3 is 0 Å². The molecule has 0 heterocycles. The van der Waals surface area contributed by atoms with E-state index >= 15 is 0 Å². The maximum atomic E-state index is 6.10. The molecule has 0 aliphatic heterocycles. The minimum absolute atomic E-state index is 0.0789. The largest absolute Gasteiger partial charge is 0.376 e. The number of benzene rings is 1. The molecule has 1 N–H and O–H groups in total. The van der Waals surface area contributed by atoms with Gasteiger partial charge in [-0.1, -0.05) is 43.2 Å². The van der Waals surface area contributed by atoms with E-state index in [1.54, 1.807) is 0 Å². The first-order chi connectivity index (χ1) is 9.82. The Kier molecular flexibility index (Phi) is 4.79. The van der Waals surface area contributed by atoms with Gasteiger partial charge in [0.05, 0.1) is 11.6 Å². The lowest BCUT2D eigenvalue weighted by Gasteiger charge is -2.47. The molecule has 21 heavy (non-hydrogen) atoms. The van der Waals surface area contributed by atoms with Crippen LogP contribution in [0.1, 0.15) is 62.3 Å². The van der Waals surface area contributed by atoms with Crippen LogP contribution in [-0.2, 0) is 4.74 Å².